The first-order chi connectivity index (χ1) is 8.99. The van der Waals surface area contributed by atoms with Gasteiger partial charge in [0.05, 0.1) is 12.3 Å². The van der Waals surface area contributed by atoms with Gasteiger partial charge in [0.15, 0.2) is 0 Å². The van der Waals surface area contributed by atoms with Crippen molar-refractivity contribution in [3.05, 3.63) is 12.1 Å². The van der Waals surface area contributed by atoms with E-state index in [4.69, 9.17) is 10.5 Å². The minimum Gasteiger partial charge on any atom is -0.476 e. The fourth-order valence-corrected chi connectivity index (χ4v) is 1.52. The highest BCUT2D eigenvalue weighted by molar-refractivity contribution is 5.53. The molecular weight excluding hydrogens is 240 g/mol. The van der Waals surface area contributed by atoms with E-state index in [0.29, 0.717) is 24.1 Å². The molecule has 0 saturated heterocycles. The lowest BCUT2D eigenvalue weighted by Gasteiger charge is -2.13. The van der Waals surface area contributed by atoms with Gasteiger partial charge in [-0.25, -0.2) is 0 Å². The summed E-state index contributed by atoms with van der Waals surface area (Å²) in [5.41, 5.74) is 6.43. The molecule has 0 radical (unpaired) electrons. The van der Waals surface area contributed by atoms with Crippen molar-refractivity contribution in [3.8, 4) is 5.88 Å². The summed E-state index contributed by atoms with van der Waals surface area (Å²) in [7, 11) is 4.14. The zero-order valence-corrected chi connectivity index (χ0v) is 12.4. The van der Waals surface area contributed by atoms with E-state index in [9.17, 15) is 0 Å². The Labute approximate surface area is 116 Å². The van der Waals surface area contributed by atoms with Crippen LogP contribution >= 0.6 is 0 Å². The molecule has 5 heteroatoms. The Balaban J connectivity index is 2.48. The van der Waals surface area contributed by atoms with Gasteiger partial charge in [-0.1, -0.05) is 13.8 Å². The second-order valence-corrected chi connectivity index (χ2v) is 5.38. The quantitative estimate of drug-likeness (QED) is 0.705. The molecular formula is C14H26N4O. The molecule has 19 heavy (non-hydrogen) atoms. The van der Waals surface area contributed by atoms with Crippen LogP contribution in [-0.4, -0.2) is 43.7 Å². The van der Waals surface area contributed by atoms with Gasteiger partial charge in [-0.05, 0) is 45.1 Å². The summed E-state index contributed by atoms with van der Waals surface area (Å²) in [6, 6.07) is 3.71. The molecule has 0 amide bonds. The molecule has 0 bridgehead atoms. The molecule has 0 aromatic carbocycles. The highest BCUT2D eigenvalue weighted by atomic mass is 16.5. The number of nitrogen functional groups attached to an aromatic ring is 1. The Kier molecular flexibility index (Phi) is 6.42. The van der Waals surface area contributed by atoms with E-state index in [2.05, 4.69) is 43.1 Å². The third-order valence-electron chi connectivity index (χ3n) is 2.53. The number of hydrogen-bond donors (Lipinski definition) is 2. The molecule has 0 aliphatic heterocycles. The van der Waals surface area contributed by atoms with Crippen LogP contribution in [0.4, 0.5) is 11.5 Å². The second-order valence-electron chi connectivity index (χ2n) is 5.38. The summed E-state index contributed by atoms with van der Waals surface area (Å²) in [6.45, 7) is 6.76. The van der Waals surface area contributed by atoms with Crippen molar-refractivity contribution in [1.82, 2.24) is 9.88 Å². The number of anilines is 2. The van der Waals surface area contributed by atoms with Crippen molar-refractivity contribution in [2.45, 2.75) is 20.3 Å². The first-order valence-electron chi connectivity index (χ1n) is 6.77. The van der Waals surface area contributed by atoms with Gasteiger partial charge in [-0.2, -0.15) is 4.98 Å². The zero-order chi connectivity index (χ0) is 14.3. The maximum Gasteiger partial charge on any atom is 0.239 e. The van der Waals surface area contributed by atoms with Crippen LogP contribution < -0.4 is 15.8 Å². The van der Waals surface area contributed by atoms with Crippen molar-refractivity contribution in [2.24, 2.45) is 5.92 Å². The van der Waals surface area contributed by atoms with E-state index in [1.165, 1.54) is 0 Å². The predicted molar refractivity (Wildman–Crippen MR) is 80.6 cm³/mol. The number of nitrogens with one attached hydrogen (secondary N) is 1. The van der Waals surface area contributed by atoms with Gasteiger partial charge in [-0.3, -0.25) is 0 Å². The van der Waals surface area contributed by atoms with E-state index in [0.717, 1.165) is 25.3 Å². The van der Waals surface area contributed by atoms with E-state index < -0.39 is 0 Å². The molecule has 0 saturated carbocycles. The molecule has 3 N–H and O–H groups in total. The minimum absolute atomic E-state index is 0.456. The maximum absolute atomic E-state index is 5.85. The van der Waals surface area contributed by atoms with Gasteiger partial charge in [0.25, 0.3) is 0 Å². The molecule has 1 aromatic rings. The molecule has 0 spiro atoms. The van der Waals surface area contributed by atoms with Crippen molar-refractivity contribution in [3.63, 3.8) is 0 Å². The predicted octanol–water partition coefficient (Wildman–Crippen LogP) is 2.06. The summed E-state index contributed by atoms with van der Waals surface area (Å²) in [5, 5.41) is 3.28. The van der Waals surface area contributed by atoms with E-state index in [-0.39, 0.29) is 0 Å². The zero-order valence-electron chi connectivity index (χ0n) is 12.4. The number of rotatable bonds is 8. The highest BCUT2D eigenvalue weighted by Gasteiger charge is 2.05. The molecule has 0 fully saturated rings. The maximum atomic E-state index is 5.85. The van der Waals surface area contributed by atoms with E-state index in [1.54, 1.807) is 0 Å². The summed E-state index contributed by atoms with van der Waals surface area (Å²) in [5.74, 6) is 1.79. The van der Waals surface area contributed by atoms with Gasteiger partial charge < -0.3 is 20.7 Å². The van der Waals surface area contributed by atoms with Crippen molar-refractivity contribution < 1.29 is 4.74 Å². The Morgan fingerprint density at radius 1 is 1.37 bits per heavy atom. The number of ether oxygens (including phenoxy) is 1. The van der Waals surface area contributed by atoms with Crippen LogP contribution in [0.2, 0.25) is 0 Å². The standard InChI is InChI=1S/C14H26N4O/c1-11(2)10-19-14-12(15)6-7-13(17-14)16-8-5-9-18(3)4/h6-7,11H,5,8-10,15H2,1-4H3,(H,16,17). The second kappa shape index (κ2) is 7.84. The van der Waals surface area contributed by atoms with Crippen LogP contribution in [0.5, 0.6) is 5.88 Å². The van der Waals surface area contributed by atoms with Crippen LogP contribution in [0.25, 0.3) is 0 Å². The average Bonchev–Trinajstić information content (AvgIpc) is 2.34. The van der Waals surface area contributed by atoms with Crippen LogP contribution in [0, 0.1) is 5.92 Å². The molecule has 0 aliphatic rings. The van der Waals surface area contributed by atoms with Gasteiger partial charge in [0.1, 0.15) is 5.82 Å². The van der Waals surface area contributed by atoms with Crippen molar-refractivity contribution >= 4 is 11.5 Å². The number of hydrogen-bond acceptors (Lipinski definition) is 5. The molecule has 5 nitrogen and oxygen atoms in total. The third kappa shape index (κ3) is 6.29. The molecule has 1 heterocycles. The summed E-state index contributed by atoms with van der Waals surface area (Å²) >= 11 is 0. The lowest BCUT2D eigenvalue weighted by molar-refractivity contribution is 0.263. The topological polar surface area (TPSA) is 63.4 Å². The number of nitrogens with two attached hydrogens (primary N) is 1. The van der Waals surface area contributed by atoms with Crippen LogP contribution in [0.3, 0.4) is 0 Å². The van der Waals surface area contributed by atoms with Gasteiger partial charge in [-0.15, -0.1) is 0 Å². The lowest BCUT2D eigenvalue weighted by Crippen LogP contribution is -2.16. The van der Waals surface area contributed by atoms with E-state index in [1.807, 2.05) is 12.1 Å². The molecule has 1 rings (SSSR count). The monoisotopic (exact) mass is 266 g/mol. The highest BCUT2D eigenvalue weighted by Crippen LogP contribution is 2.21. The smallest absolute Gasteiger partial charge is 0.239 e. The minimum atomic E-state index is 0.456. The van der Waals surface area contributed by atoms with Crippen molar-refractivity contribution in [1.29, 1.82) is 0 Å². The summed E-state index contributed by atoms with van der Waals surface area (Å²) in [6.07, 6.45) is 1.07. The molecule has 0 unspecified atom stereocenters. The molecule has 0 aliphatic carbocycles. The number of aromatic nitrogens is 1. The molecule has 1 aromatic heterocycles. The molecule has 108 valence electrons. The Hall–Kier alpha value is -1.49. The summed E-state index contributed by atoms with van der Waals surface area (Å²) in [4.78, 5) is 6.55. The lowest BCUT2D eigenvalue weighted by atomic mass is 10.2. The van der Waals surface area contributed by atoms with Crippen LogP contribution in [0.15, 0.2) is 12.1 Å². The molecule has 0 atom stereocenters. The Bertz CT molecular complexity index is 380. The number of pyridine rings is 1. The average molecular weight is 266 g/mol. The van der Waals surface area contributed by atoms with Gasteiger partial charge in [0, 0.05) is 6.54 Å². The third-order valence-corrected chi connectivity index (χ3v) is 2.53. The Morgan fingerprint density at radius 2 is 2.11 bits per heavy atom. The fraction of sp³-hybridized carbons (Fsp3) is 0.643. The van der Waals surface area contributed by atoms with Crippen LogP contribution in [-0.2, 0) is 0 Å². The number of nitrogens with zero attached hydrogens (tertiary/aromatic N) is 2. The summed E-state index contributed by atoms with van der Waals surface area (Å²) < 4.78 is 5.60. The van der Waals surface area contributed by atoms with Gasteiger partial charge >= 0.3 is 0 Å². The normalized spacial score (nSPS) is 11.1. The van der Waals surface area contributed by atoms with Gasteiger partial charge in [0.2, 0.25) is 5.88 Å². The van der Waals surface area contributed by atoms with E-state index >= 15 is 0 Å². The fourth-order valence-electron chi connectivity index (χ4n) is 1.52. The first-order valence-corrected chi connectivity index (χ1v) is 6.77. The SMILES string of the molecule is CC(C)COc1nc(NCCCN(C)C)ccc1N. The van der Waals surface area contributed by atoms with Crippen LogP contribution in [0.1, 0.15) is 20.3 Å². The Morgan fingerprint density at radius 3 is 2.74 bits per heavy atom. The largest absolute Gasteiger partial charge is 0.476 e. The first kappa shape index (κ1) is 15.6. The van der Waals surface area contributed by atoms with Crippen molar-refractivity contribution in [2.75, 3.05) is 44.8 Å².